The quantitative estimate of drug-likeness (QED) is 0.441. The topological polar surface area (TPSA) is 9.23 Å². The summed E-state index contributed by atoms with van der Waals surface area (Å²) in [6.45, 7) is 11.0. The summed E-state index contributed by atoms with van der Waals surface area (Å²) >= 11 is 0. The highest BCUT2D eigenvalue weighted by atomic mass is 16.5. The summed E-state index contributed by atoms with van der Waals surface area (Å²) in [5.41, 5.74) is 1.10. The Labute approximate surface area is 68.4 Å². The first kappa shape index (κ1) is 9.76. The van der Waals surface area contributed by atoms with Gasteiger partial charge in [0.2, 0.25) is 0 Å². The maximum atomic E-state index is 4.98. The van der Waals surface area contributed by atoms with Crippen LogP contribution in [0, 0.1) is 0 Å². The van der Waals surface area contributed by atoms with Gasteiger partial charge >= 0.3 is 0 Å². The molecule has 0 saturated heterocycles. The molecule has 1 nitrogen and oxygen atoms in total. The summed E-state index contributed by atoms with van der Waals surface area (Å²) < 4.78 is 4.98. The largest absolute Gasteiger partial charge is 0.470 e. The molecule has 0 spiro atoms. The molecule has 0 unspecified atom stereocenters. The third-order valence-electron chi connectivity index (χ3n) is 1.03. The van der Waals surface area contributed by atoms with E-state index in [0.29, 0.717) is 5.76 Å². The van der Waals surface area contributed by atoms with Crippen molar-refractivity contribution in [2.75, 3.05) is 0 Å². The second-order valence-electron chi connectivity index (χ2n) is 2.26. The van der Waals surface area contributed by atoms with Crippen LogP contribution in [0.3, 0.4) is 0 Å². The van der Waals surface area contributed by atoms with Crippen molar-refractivity contribution in [1.82, 2.24) is 0 Å². The van der Waals surface area contributed by atoms with Crippen molar-refractivity contribution >= 4 is 0 Å². The van der Waals surface area contributed by atoms with Gasteiger partial charge < -0.3 is 4.74 Å². The zero-order valence-electron chi connectivity index (χ0n) is 7.13. The fourth-order valence-electron chi connectivity index (χ4n) is 0.415. The van der Waals surface area contributed by atoms with E-state index in [4.69, 9.17) is 4.74 Å². The number of hydrogen-bond acceptors (Lipinski definition) is 1. The minimum Gasteiger partial charge on any atom is -0.470 e. The standard InChI is InChI=1S/C10H14O/c1-5-10(4)7-6-8-11-9(2)3/h5-8H,1-2H2,3-4H3/b8-6+,10-7-. The van der Waals surface area contributed by atoms with E-state index >= 15 is 0 Å². The number of hydrogen-bond donors (Lipinski definition) is 0. The van der Waals surface area contributed by atoms with Crippen LogP contribution >= 0.6 is 0 Å². The number of rotatable bonds is 4. The Morgan fingerprint density at radius 3 is 2.45 bits per heavy atom. The molecule has 0 atom stereocenters. The van der Waals surface area contributed by atoms with Gasteiger partial charge in [0.15, 0.2) is 0 Å². The van der Waals surface area contributed by atoms with Crippen LogP contribution in [0.2, 0.25) is 0 Å². The Kier molecular flexibility index (Phi) is 4.91. The zero-order chi connectivity index (χ0) is 8.69. The molecule has 0 N–H and O–H groups in total. The highest BCUT2D eigenvalue weighted by Gasteiger charge is 1.76. The molecule has 0 aromatic heterocycles. The van der Waals surface area contributed by atoms with Crippen LogP contribution in [0.4, 0.5) is 0 Å². The zero-order valence-corrected chi connectivity index (χ0v) is 7.13. The molecular weight excluding hydrogens is 136 g/mol. The van der Waals surface area contributed by atoms with Crippen LogP contribution in [0.5, 0.6) is 0 Å². The average molecular weight is 150 g/mol. The van der Waals surface area contributed by atoms with E-state index in [1.165, 1.54) is 0 Å². The van der Waals surface area contributed by atoms with Crippen molar-refractivity contribution in [1.29, 1.82) is 0 Å². The lowest BCUT2D eigenvalue weighted by atomic mass is 10.3. The highest BCUT2D eigenvalue weighted by Crippen LogP contribution is 1.95. The van der Waals surface area contributed by atoms with Crippen LogP contribution in [-0.2, 0) is 4.74 Å². The van der Waals surface area contributed by atoms with Crippen molar-refractivity contribution < 1.29 is 4.74 Å². The van der Waals surface area contributed by atoms with Crippen LogP contribution in [0.1, 0.15) is 13.8 Å². The molecule has 0 bridgehead atoms. The Morgan fingerprint density at radius 1 is 1.36 bits per heavy atom. The smallest absolute Gasteiger partial charge is 0.0929 e. The molecule has 0 aromatic carbocycles. The monoisotopic (exact) mass is 150 g/mol. The van der Waals surface area contributed by atoms with E-state index in [0.717, 1.165) is 5.57 Å². The van der Waals surface area contributed by atoms with Crippen LogP contribution in [0.15, 0.2) is 49.0 Å². The summed E-state index contributed by atoms with van der Waals surface area (Å²) in [4.78, 5) is 0. The normalized spacial score (nSPS) is 11.6. The molecule has 0 radical (unpaired) electrons. The Morgan fingerprint density at radius 2 is 2.00 bits per heavy atom. The molecule has 0 fully saturated rings. The molecule has 0 aliphatic carbocycles. The fourth-order valence-corrected chi connectivity index (χ4v) is 0.415. The summed E-state index contributed by atoms with van der Waals surface area (Å²) in [5, 5.41) is 0. The van der Waals surface area contributed by atoms with Gasteiger partial charge in [-0.25, -0.2) is 0 Å². The third-order valence-corrected chi connectivity index (χ3v) is 1.03. The first-order valence-electron chi connectivity index (χ1n) is 3.45. The molecule has 1 heteroatoms. The van der Waals surface area contributed by atoms with Crippen molar-refractivity contribution in [3.05, 3.63) is 49.0 Å². The van der Waals surface area contributed by atoms with Gasteiger partial charge in [-0.1, -0.05) is 30.9 Å². The van der Waals surface area contributed by atoms with Gasteiger partial charge in [-0.3, -0.25) is 0 Å². The second-order valence-corrected chi connectivity index (χ2v) is 2.26. The first-order valence-corrected chi connectivity index (χ1v) is 3.45. The molecule has 11 heavy (non-hydrogen) atoms. The maximum absolute atomic E-state index is 4.98. The molecule has 0 saturated carbocycles. The second kappa shape index (κ2) is 5.54. The van der Waals surface area contributed by atoms with Crippen molar-refractivity contribution in [3.8, 4) is 0 Å². The molecule has 0 aliphatic heterocycles. The van der Waals surface area contributed by atoms with Gasteiger partial charge in [0.25, 0.3) is 0 Å². The molecule has 0 amide bonds. The van der Waals surface area contributed by atoms with E-state index in [9.17, 15) is 0 Å². The predicted octanol–water partition coefficient (Wildman–Crippen LogP) is 3.18. The van der Waals surface area contributed by atoms with Crippen LogP contribution < -0.4 is 0 Å². The SMILES string of the molecule is C=C/C(C)=C\C=C\OC(=C)C. The number of allylic oxidation sites excluding steroid dienone is 5. The summed E-state index contributed by atoms with van der Waals surface area (Å²) in [5.74, 6) is 0.686. The molecule has 0 heterocycles. The minimum atomic E-state index is 0.686. The maximum Gasteiger partial charge on any atom is 0.0929 e. The van der Waals surface area contributed by atoms with E-state index in [1.54, 1.807) is 19.3 Å². The van der Waals surface area contributed by atoms with E-state index in [-0.39, 0.29) is 0 Å². The van der Waals surface area contributed by atoms with Crippen molar-refractivity contribution in [2.24, 2.45) is 0 Å². The Hall–Kier alpha value is -1.24. The summed E-state index contributed by atoms with van der Waals surface area (Å²) in [6, 6.07) is 0. The first-order chi connectivity index (χ1) is 5.16. The Balaban J connectivity index is 3.76. The molecular formula is C10H14O. The fraction of sp³-hybridized carbons (Fsp3) is 0.200. The van der Waals surface area contributed by atoms with Gasteiger partial charge in [-0.2, -0.15) is 0 Å². The summed E-state index contributed by atoms with van der Waals surface area (Å²) in [6.07, 6.45) is 7.10. The van der Waals surface area contributed by atoms with Crippen molar-refractivity contribution in [3.63, 3.8) is 0 Å². The Bertz CT molecular complexity index is 197. The van der Waals surface area contributed by atoms with Gasteiger partial charge in [0.1, 0.15) is 0 Å². The lowest BCUT2D eigenvalue weighted by Gasteiger charge is -1.93. The molecule has 0 aromatic rings. The lowest BCUT2D eigenvalue weighted by Crippen LogP contribution is -1.72. The molecule has 60 valence electrons. The minimum absolute atomic E-state index is 0.686. The highest BCUT2D eigenvalue weighted by molar-refractivity contribution is 5.18. The van der Waals surface area contributed by atoms with Gasteiger partial charge in [0, 0.05) is 0 Å². The van der Waals surface area contributed by atoms with E-state index < -0.39 is 0 Å². The van der Waals surface area contributed by atoms with Crippen LogP contribution in [0.25, 0.3) is 0 Å². The molecule has 0 rings (SSSR count). The predicted molar refractivity (Wildman–Crippen MR) is 49.0 cm³/mol. The lowest BCUT2D eigenvalue weighted by molar-refractivity contribution is 0.356. The molecule has 0 aliphatic rings. The van der Waals surface area contributed by atoms with Gasteiger partial charge in [-0.05, 0) is 19.9 Å². The summed E-state index contributed by atoms with van der Waals surface area (Å²) in [7, 11) is 0. The average Bonchev–Trinajstić information content (AvgIpc) is 1.97. The van der Waals surface area contributed by atoms with Crippen molar-refractivity contribution in [2.45, 2.75) is 13.8 Å². The number of ether oxygens (including phenoxy) is 1. The van der Waals surface area contributed by atoms with E-state index in [2.05, 4.69) is 13.2 Å². The van der Waals surface area contributed by atoms with Gasteiger partial charge in [-0.15, -0.1) is 0 Å². The van der Waals surface area contributed by atoms with Gasteiger partial charge in [0.05, 0.1) is 12.0 Å². The third kappa shape index (κ3) is 6.65. The van der Waals surface area contributed by atoms with E-state index in [1.807, 2.05) is 19.1 Å². The van der Waals surface area contributed by atoms with Crippen LogP contribution in [-0.4, -0.2) is 0 Å².